The predicted molar refractivity (Wildman–Crippen MR) is 140 cm³/mol. The largest absolute Gasteiger partial charge is 0.467 e. The van der Waals surface area contributed by atoms with Crippen LogP contribution in [-0.4, -0.2) is 61.1 Å². The summed E-state index contributed by atoms with van der Waals surface area (Å²) in [6.07, 6.45) is 9.29. The Balaban J connectivity index is 0.00000137. The van der Waals surface area contributed by atoms with Gasteiger partial charge in [0.25, 0.3) is 0 Å². The number of carbonyl (C=O) groups excluding carboxylic acids is 2. The Morgan fingerprint density at radius 2 is 1.88 bits per heavy atom. The van der Waals surface area contributed by atoms with E-state index in [2.05, 4.69) is 34.6 Å². The Kier molecular flexibility index (Phi) is 14.5. The van der Waals surface area contributed by atoms with Crippen LogP contribution in [0, 0.1) is 5.92 Å². The van der Waals surface area contributed by atoms with Gasteiger partial charge >= 0.3 is 5.97 Å². The van der Waals surface area contributed by atoms with Crippen molar-refractivity contribution in [2.45, 2.75) is 104 Å². The van der Waals surface area contributed by atoms with Crippen molar-refractivity contribution < 1.29 is 14.3 Å². The van der Waals surface area contributed by atoms with Gasteiger partial charge in [0.05, 0.1) is 7.11 Å². The maximum Gasteiger partial charge on any atom is 0.328 e. The molecule has 1 heterocycles. The number of pyridine rings is 1. The van der Waals surface area contributed by atoms with Gasteiger partial charge in [-0.2, -0.15) is 0 Å². The van der Waals surface area contributed by atoms with Crippen molar-refractivity contribution in [3.63, 3.8) is 0 Å². The van der Waals surface area contributed by atoms with Crippen LogP contribution in [0.1, 0.15) is 84.4 Å². The van der Waals surface area contributed by atoms with Crippen LogP contribution < -0.4 is 10.6 Å². The molecule has 34 heavy (non-hydrogen) atoms. The number of methoxy groups -OCH3 is 1. The second-order valence-corrected chi connectivity index (χ2v) is 8.56. The van der Waals surface area contributed by atoms with Gasteiger partial charge in [-0.15, -0.1) is 0 Å². The Hall–Kier alpha value is -2.15. The smallest absolute Gasteiger partial charge is 0.328 e. The minimum Gasteiger partial charge on any atom is -0.467 e. The normalized spacial score (nSPS) is 19.4. The van der Waals surface area contributed by atoms with E-state index in [0.717, 1.165) is 31.1 Å². The average molecular weight is 477 g/mol. The molecule has 1 aromatic heterocycles. The van der Waals surface area contributed by atoms with E-state index in [1.165, 1.54) is 50.5 Å². The highest BCUT2D eigenvalue weighted by molar-refractivity contribution is 5.78. The zero-order valence-corrected chi connectivity index (χ0v) is 22.5. The van der Waals surface area contributed by atoms with Crippen molar-refractivity contribution in [2.75, 3.05) is 26.0 Å². The highest BCUT2D eigenvalue weighted by Gasteiger charge is 2.40. The summed E-state index contributed by atoms with van der Waals surface area (Å²) >= 11 is 0. The van der Waals surface area contributed by atoms with E-state index in [1.54, 1.807) is 0 Å². The second-order valence-electron chi connectivity index (χ2n) is 8.56. The lowest BCUT2D eigenvalue weighted by Crippen LogP contribution is -2.48. The Morgan fingerprint density at radius 1 is 1.21 bits per heavy atom. The third-order valence-corrected chi connectivity index (χ3v) is 6.59. The molecule has 2 saturated carbocycles. The molecular formula is C27H48N4O3. The molecule has 2 fully saturated rings. The fraction of sp³-hybridized carbons (Fsp3) is 0.741. The number of rotatable bonds is 13. The molecule has 1 unspecified atom stereocenters. The van der Waals surface area contributed by atoms with E-state index in [4.69, 9.17) is 9.72 Å². The number of anilines is 1. The summed E-state index contributed by atoms with van der Waals surface area (Å²) in [7, 11) is 3.30. The number of hydrogen-bond acceptors (Lipinski definition) is 6. The van der Waals surface area contributed by atoms with Gasteiger partial charge in [-0.1, -0.05) is 40.7 Å². The highest BCUT2D eigenvalue weighted by atomic mass is 16.5. The molecule has 0 bridgehead atoms. The van der Waals surface area contributed by atoms with E-state index in [9.17, 15) is 9.59 Å². The summed E-state index contributed by atoms with van der Waals surface area (Å²) in [4.78, 5) is 30.0. The molecule has 7 heteroatoms. The van der Waals surface area contributed by atoms with Crippen LogP contribution in [0.4, 0.5) is 5.82 Å². The SMILES string of the molecule is CC.CC.CCc1ccc(CCC2CC(N(CCC(NC=O)C(=O)OC)C3CC3)C2)nc1NC. The van der Waals surface area contributed by atoms with Gasteiger partial charge in [-0.3, -0.25) is 9.69 Å². The van der Waals surface area contributed by atoms with E-state index >= 15 is 0 Å². The van der Waals surface area contributed by atoms with Crippen LogP contribution in [0.3, 0.4) is 0 Å². The zero-order valence-electron chi connectivity index (χ0n) is 22.5. The first-order valence-electron chi connectivity index (χ1n) is 13.3. The van der Waals surface area contributed by atoms with Crippen molar-refractivity contribution in [3.8, 4) is 0 Å². The molecule has 0 radical (unpaired) electrons. The first kappa shape index (κ1) is 29.9. The molecule has 1 atom stereocenters. The third-order valence-electron chi connectivity index (χ3n) is 6.59. The fourth-order valence-electron chi connectivity index (χ4n) is 4.57. The van der Waals surface area contributed by atoms with Crippen LogP contribution in [0.5, 0.6) is 0 Å². The maximum atomic E-state index is 11.8. The molecule has 0 saturated heterocycles. The number of aryl methyl sites for hydroxylation is 2. The van der Waals surface area contributed by atoms with E-state index in [0.29, 0.717) is 24.9 Å². The summed E-state index contributed by atoms with van der Waals surface area (Å²) in [6, 6.07) is 5.05. The molecule has 3 rings (SSSR count). The van der Waals surface area contributed by atoms with E-state index in [1.807, 2.05) is 34.7 Å². The number of amides is 1. The monoisotopic (exact) mass is 476 g/mol. The molecule has 0 aromatic carbocycles. The van der Waals surface area contributed by atoms with Gasteiger partial charge in [0, 0.05) is 31.4 Å². The molecule has 194 valence electrons. The van der Waals surface area contributed by atoms with Crippen LogP contribution in [0.25, 0.3) is 0 Å². The zero-order chi connectivity index (χ0) is 25.5. The Labute approximate surface area is 207 Å². The number of nitrogens with zero attached hydrogens (tertiary/aromatic N) is 2. The third kappa shape index (κ3) is 8.90. The number of esters is 1. The van der Waals surface area contributed by atoms with Gasteiger partial charge in [-0.05, 0) is 68.9 Å². The van der Waals surface area contributed by atoms with Gasteiger partial charge in [0.15, 0.2) is 0 Å². The van der Waals surface area contributed by atoms with Gasteiger partial charge in [0.2, 0.25) is 6.41 Å². The van der Waals surface area contributed by atoms with Gasteiger partial charge < -0.3 is 15.4 Å². The molecule has 7 nitrogen and oxygen atoms in total. The van der Waals surface area contributed by atoms with Crippen molar-refractivity contribution in [1.82, 2.24) is 15.2 Å². The lowest BCUT2D eigenvalue weighted by Gasteiger charge is -2.44. The number of aromatic nitrogens is 1. The molecule has 1 amide bonds. The maximum absolute atomic E-state index is 11.8. The quantitative estimate of drug-likeness (QED) is 0.320. The number of carbonyl (C=O) groups is 2. The second kappa shape index (κ2) is 16.5. The summed E-state index contributed by atoms with van der Waals surface area (Å²) in [5.74, 6) is 1.38. The number of ether oxygens (including phenoxy) is 1. The lowest BCUT2D eigenvalue weighted by atomic mass is 9.76. The average Bonchev–Trinajstić information content (AvgIpc) is 3.71. The van der Waals surface area contributed by atoms with Gasteiger partial charge in [-0.25, -0.2) is 9.78 Å². The first-order chi connectivity index (χ1) is 16.6. The van der Waals surface area contributed by atoms with Crippen LogP contribution in [0.15, 0.2) is 12.1 Å². The van der Waals surface area contributed by atoms with Gasteiger partial charge in [0.1, 0.15) is 11.9 Å². The minimum atomic E-state index is -0.553. The van der Waals surface area contributed by atoms with Crippen LogP contribution in [0.2, 0.25) is 0 Å². The highest BCUT2D eigenvalue weighted by Crippen LogP contribution is 2.40. The molecular weight excluding hydrogens is 428 g/mol. The summed E-state index contributed by atoms with van der Waals surface area (Å²) in [6.45, 7) is 11.0. The Bertz CT molecular complexity index is 718. The number of nitrogens with one attached hydrogen (secondary N) is 2. The van der Waals surface area contributed by atoms with Crippen molar-refractivity contribution in [2.24, 2.45) is 5.92 Å². The molecule has 1 aromatic rings. The topological polar surface area (TPSA) is 83.6 Å². The van der Waals surface area contributed by atoms with Crippen LogP contribution >= 0.6 is 0 Å². The standard InChI is InChI=1S/C23H36N4O3.2C2H6/c1-4-17-6-8-18(26-22(17)24-2)7-5-16-13-20(14-16)27(19-9-10-19)12-11-21(25-15-28)23(29)30-3;2*1-2/h6,8,15-16,19-21H,4-5,7,9-14H2,1-3H3,(H,24,26)(H,25,28);2*1-2H3. The minimum absolute atomic E-state index is 0.369. The number of hydrogen-bond donors (Lipinski definition) is 2. The van der Waals surface area contributed by atoms with Crippen LogP contribution in [-0.2, 0) is 27.2 Å². The first-order valence-corrected chi connectivity index (χ1v) is 13.3. The fourth-order valence-corrected chi connectivity index (χ4v) is 4.57. The summed E-state index contributed by atoms with van der Waals surface area (Å²) < 4.78 is 4.81. The molecule has 2 N–H and O–H groups in total. The molecule has 2 aliphatic carbocycles. The Morgan fingerprint density at radius 3 is 2.41 bits per heavy atom. The predicted octanol–water partition coefficient (Wildman–Crippen LogP) is 4.59. The summed E-state index contributed by atoms with van der Waals surface area (Å²) in [5.41, 5.74) is 2.43. The lowest BCUT2D eigenvalue weighted by molar-refractivity contribution is -0.144. The molecule has 0 aliphatic heterocycles. The molecule has 0 spiro atoms. The van der Waals surface area contributed by atoms with Crippen molar-refractivity contribution in [1.29, 1.82) is 0 Å². The van der Waals surface area contributed by atoms with Crippen molar-refractivity contribution in [3.05, 3.63) is 23.4 Å². The van der Waals surface area contributed by atoms with E-state index < -0.39 is 6.04 Å². The molecule has 2 aliphatic rings. The summed E-state index contributed by atoms with van der Waals surface area (Å²) in [5, 5.41) is 5.80. The van der Waals surface area contributed by atoms with Crippen molar-refractivity contribution >= 4 is 18.2 Å². The van der Waals surface area contributed by atoms with E-state index in [-0.39, 0.29) is 5.97 Å².